The fourth-order valence-electron chi connectivity index (χ4n) is 2.68. The molecule has 0 radical (unpaired) electrons. The van der Waals surface area contributed by atoms with Gasteiger partial charge in [0.05, 0.1) is 6.42 Å². The van der Waals surface area contributed by atoms with Crippen molar-refractivity contribution in [3.05, 3.63) is 35.4 Å². The number of carbonyl (C=O) groups excluding carboxylic acids is 4. The largest absolute Gasteiger partial charge is 0.278 e. The summed E-state index contributed by atoms with van der Waals surface area (Å²) < 4.78 is 0. The second-order valence-electron chi connectivity index (χ2n) is 5.00. The van der Waals surface area contributed by atoms with E-state index in [9.17, 15) is 24.4 Å². The summed E-state index contributed by atoms with van der Waals surface area (Å²) in [5.74, 6) is -2.73. The van der Waals surface area contributed by atoms with Crippen molar-refractivity contribution in [2.24, 2.45) is 0 Å². The number of rotatable bonds is 1. The minimum atomic E-state index is -1.12. The lowest BCUT2D eigenvalue weighted by Crippen LogP contribution is -2.58. The highest BCUT2D eigenvalue weighted by atomic mass is 16.5. The molecule has 0 saturated carbocycles. The minimum Gasteiger partial charge on any atom is -0.278 e. The average molecular weight is 318 g/mol. The second kappa shape index (κ2) is 6.70. The average Bonchev–Trinajstić information content (AvgIpc) is 2.56. The third kappa shape index (κ3) is 2.87. The Kier molecular flexibility index (Phi) is 4.90. The number of carbonyl (C=O) groups is 4. The highest BCUT2D eigenvalue weighted by Gasteiger charge is 2.44. The maximum atomic E-state index is 12.4. The van der Waals surface area contributed by atoms with Crippen LogP contribution in [0.1, 0.15) is 42.6 Å². The van der Waals surface area contributed by atoms with E-state index in [-0.39, 0.29) is 24.3 Å². The van der Waals surface area contributed by atoms with E-state index >= 15 is 0 Å². The summed E-state index contributed by atoms with van der Waals surface area (Å²) in [5.41, 5.74) is 0.982. The van der Waals surface area contributed by atoms with Gasteiger partial charge in [0.2, 0.25) is 5.91 Å². The Morgan fingerprint density at radius 2 is 1.70 bits per heavy atom. The summed E-state index contributed by atoms with van der Waals surface area (Å²) in [5, 5.41) is 9.40. The normalized spacial score (nSPS) is 20.9. The third-order valence-corrected chi connectivity index (χ3v) is 3.75. The van der Waals surface area contributed by atoms with E-state index in [2.05, 4.69) is 0 Å². The third-order valence-electron chi connectivity index (χ3n) is 3.75. The molecule has 23 heavy (non-hydrogen) atoms. The number of nitrogens with zero attached hydrogens (tertiary/aromatic N) is 2. The van der Waals surface area contributed by atoms with E-state index in [1.165, 1.54) is 0 Å². The molecular formula is C16H18N2O5. The predicted octanol–water partition coefficient (Wildman–Crippen LogP) is 1.14. The molecule has 3 rings (SSSR count). The summed E-state index contributed by atoms with van der Waals surface area (Å²) in [7, 11) is 0. The molecule has 0 aliphatic carbocycles. The van der Waals surface area contributed by atoms with Crippen LogP contribution < -0.4 is 0 Å². The summed E-state index contributed by atoms with van der Waals surface area (Å²) >= 11 is 0. The molecule has 1 unspecified atom stereocenters. The topological polar surface area (TPSA) is 95.0 Å². The van der Waals surface area contributed by atoms with E-state index in [1.807, 2.05) is 13.8 Å². The van der Waals surface area contributed by atoms with E-state index in [0.29, 0.717) is 11.1 Å². The van der Waals surface area contributed by atoms with Crippen LogP contribution in [0.4, 0.5) is 0 Å². The van der Waals surface area contributed by atoms with Crippen molar-refractivity contribution in [3.63, 3.8) is 0 Å². The van der Waals surface area contributed by atoms with Crippen LogP contribution in [0.3, 0.4) is 0 Å². The molecule has 2 aliphatic rings. The van der Waals surface area contributed by atoms with Crippen LogP contribution in [0, 0.1) is 0 Å². The molecule has 4 amide bonds. The van der Waals surface area contributed by atoms with Gasteiger partial charge >= 0.3 is 0 Å². The lowest BCUT2D eigenvalue weighted by Gasteiger charge is -2.36. The Hall–Kier alpha value is -2.54. The van der Waals surface area contributed by atoms with E-state index < -0.39 is 29.7 Å². The van der Waals surface area contributed by atoms with Gasteiger partial charge in [-0.2, -0.15) is 5.06 Å². The molecule has 0 aromatic heterocycles. The zero-order valence-electron chi connectivity index (χ0n) is 13.0. The van der Waals surface area contributed by atoms with Gasteiger partial charge in [0.25, 0.3) is 17.7 Å². The molecule has 1 aromatic rings. The van der Waals surface area contributed by atoms with Gasteiger partial charge in [-0.15, -0.1) is 0 Å². The van der Waals surface area contributed by atoms with Crippen LogP contribution in [0.15, 0.2) is 24.3 Å². The number of fused-ring (bicyclic) bond motifs is 1. The van der Waals surface area contributed by atoms with Gasteiger partial charge in [-0.05, 0) is 18.1 Å². The number of hydroxylamine groups is 2. The number of amides is 4. The molecular weight excluding hydrogens is 300 g/mol. The van der Waals surface area contributed by atoms with Crippen molar-refractivity contribution in [1.82, 2.24) is 9.96 Å². The first kappa shape index (κ1) is 16.8. The number of hydrogen-bond donors (Lipinski definition) is 1. The standard InChI is InChI=1S/C14H12N2O5.C2H6/c17-11-6-5-10(14(20)16(11)21)15-12(18)7-8-3-1-2-4-9(8)13(15)19;1-2/h1-4,10,21H,5-7H2;1-2H3. The van der Waals surface area contributed by atoms with Crippen molar-refractivity contribution < 1.29 is 24.4 Å². The molecule has 0 spiro atoms. The van der Waals surface area contributed by atoms with Gasteiger partial charge in [0, 0.05) is 12.0 Å². The molecule has 1 saturated heterocycles. The number of imide groups is 2. The fourth-order valence-corrected chi connectivity index (χ4v) is 2.68. The van der Waals surface area contributed by atoms with Crippen LogP contribution in [0.5, 0.6) is 0 Å². The molecule has 122 valence electrons. The lowest BCUT2D eigenvalue weighted by molar-refractivity contribution is -0.188. The first-order chi connectivity index (χ1) is 11.0. The van der Waals surface area contributed by atoms with Crippen molar-refractivity contribution in [2.45, 2.75) is 39.2 Å². The van der Waals surface area contributed by atoms with Crippen LogP contribution in [-0.4, -0.2) is 44.8 Å². The minimum absolute atomic E-state index is 0.00473. The summed E-state index contributed by atoms with van der Waals surface area (Å²) in [4.78, 5) is 48.7. The van der Waals surface area contributed by atoms with Crippen LogP contribution >= 0.6 is 0 Å². The van der Waals surface area contributed by atoms with Gasteiger partial charge in [-0.1, -0.05) is 32.0 Å². The predicted molar refractivity (Wildman–Crippen MR) is 79.3 cm³/mol. The van der Waals surface area contributed by atoms with Crippen LogP contribution in [-0.2, 0) is 20.8 Å². The highest BCUT2D eigenvalue weighted by molar-refractivity contribution is 6.13. The molecule has 1 N–H and O–H groups in total. The Bertz CT molecular complexity index is 670. The Labute approximate surface area is 133 Å². The molecule has 7 nitrogen and oxygen atoms in total. The monoisotopic (exact) mass is 318 g/mol. The zero-order valence-corrected chi connectivity index (χ0v) is 13.0. The molecule has 7 heteroatoms. The quantitative estimate of drug-likeness (QED) is 0.619. The first-order valence-electron chi connectivity index (χ1n) is 7.50. The smallest absolute Gasteiger partial charge is 0.276 e. The maximum Gasteiger partial charge on any atom is 0.276 e. The van der Waals surface area contributed by atoms with Gasteiger partial charge < -0.3 is 0 Å². The lowest BCUT2D eigenvalue weighted by atomic mass is 9.94. The SMILES string of the molecule is CC.O=C1CCC(N2C(=O)Cc3ccccc3C2=O)C(=O)N1O. The molecule has 2 heterocycles. The number of hydrogen-bond acceptors (Lipinski definition) is 5. The van der Waals surface area contributed by atoms with Crippen molar-refractivity contribution in [1.29, 1.82) is 0 Å². The van der Waals surface area contributed by atoms with Gasteiger partial charge in [0.15, 0.2) is 0 Å². The molecule has 1 aromatic carbocycles. The van der Waals surface area contributed by atoms with E-state index in [1.54, 1.807) is 24.3 Å². The first-order valence-corrected chi connectivity index (χ1v) is 7.50. The van der Waals surface area contributed by atoms with Gasteiger partial charge in [0.1, 0.15) is 6.04 Å². The summed E-state index contributed by atoms with van der Waals surface area (Å²) in [6.07, 6.45) is -0.0367. The summed E-state index contributed by atoms with van der Waals surface area (Å²) in [6, 6.07) is 5.56. The summed E-state index contributed by atoms with van der Waals surface area (Å²) in [6.45, 7) is 4.00. The Morgan fingerprint density at radius 3 is 2.39 bits per heavy atom. The number of benzene rings is 1. The van der Waals surface area contributed by atoms with Gasteiger partial charge in [-0.3, -0.25) is 29.3 Å². The second-order valence-corrected chi connectivity index (χ2v) is 5.00. The van der Waals surface area contributed by atoms with E-state index in [4.69, 9.17) is 0 Å². The van der Waals surface area contributed by atoms with Crippen molar-refractivity contribution in [2.75, 3.05) is 0 Å². The molecule has 1 fully saturated rings. The van der Waals surface area contributed by atoms with Crippen molar-refractivity contribution >= 4 is 23.6 Å². The Balaban J connectivity index is 0.000000924. The van der Waals surface area contributed by atoms with E-state index in [0.717, 1.165) is 4.90 Å². The highest BCUT2D eigenvalue weighted by Crippen LogP contribution is 2.25. The molecule has 2 aliphatic heterocycles. The van der Waals surface area contributed by atoms with Crippen LogP contribution in [0.25, 0.3) is 0 Å². The van der Waals surface area contributed by atoms with Crippen molar-refractivity contribution in [3.8, 4) is 0 Å². The Morgan fingerprint density at radius 1 is 1.04 bits per heavy atom. The fraction of sp³-hybridized carbons (Fsp3) is 0.375. The number of piperidine rings is 1. The van der Waals surface area contributed by atoms with Crippen LogP contribution in [0.2, 0.25) is 0 Å². The maximum absolute atomic E-state index is 12.4. The molecule has 0 bridgehead atoms. The van der Waals surface area contributed by atoms with Gasteiger partial charge in [-0.25, -0.2) is 0 Å². The molecule has 1 atom stereocenters. The zero-order chi connectivity index (χ0) is 17.1.